The van der Waals surface area contributed by atoms with E-state index < -0.39 is 49.5 Å². The van der Waals surface area contributed by atoms with Crippen molar-refractivity contribution in [3.05, 3.63) is 109 Å². The third-order valence-electron chi connectivity index (χ3n) is 9.35. The van der Waals surface area contributed by atoms with Gasteiger partial charge in [-0.25, -0.2) is 22.0 Å². The molecule has 54 heavy (non-hydrogen) atoms. The molecule has 292 valence electrons. The molecule has 1 aliphatic heterocycles. The smallest absolute Gasteiger partial charge is 0.405 e. The first-order chi connectivity index (χ1) is 25.4. The minimum Gasteiger partial charge on any atom is -0.405 e. The summed E-state index contributed by atoms with van der Waals surface area (Å²) < 4.78 is 104. The van der Waals surface area contributed by atoms with Gasteiger partial charge in [0, 0.05) is 36.3 Å². The molecular weight excluding hydrogens is 776 g/mol. The van der Waals surface area contributed by atoms with Crippen molar-refractivity contribution in [2.45, 2.75) is 64.6 Å². The minimum absolute atomic E-state index is 0.218. The quantitative estimate of drug-likeness (QED) is 0.112. The van der Waals surface area contributed by atoms with Gasteiger partial charge in [0.2, 0.25) is 10.0 Å². The predicted molar refractivity (Wildman–Crippen MR) is 210 cm³/mol. The number of morpholine rings is 1. The fraction of sp³-hybridized carbons (Fsp3) is 0.368. The molecular formula is C38H46F3N3O6S3Si. The lowest BCUT2D eigenvalue weighted by atomic mass is 10.2. The van der Waals surface area contributed by atoms with Crippen molar-refractivity contribution in [1.29, 1.82) is 0 Å². The van der Waals surface area contributed by atoms with E-state index in [1.54, 1.807) is 0 Å². The highest BCUT2D eigenvalue weighted by Crippen LogP contribution is 2.38. The third kappa shape index (κ3) is 9.95. The Bertz CT molecular complexity index is 2020. The van der Waals surface area contributed by atoms with E-state index in [0.717, 1.165) is 27.4 Å². The monoisotopic (exact) mass is 821 g/mol. The van der Waals surface area contributed by atoms with Crippen LogP contribution in [0.1, 0.15) is 27.2 Å². The normalized spacial score (nSPS) is 16.9. The van der Waals surface area contributed by atoms with Gasteiger partial charge in [-0.15, -0.1) is 11.8 Å². The van der Waals surface area contributed by atoms with Crippen LogP contribution in [0.3, 0.4) is 0 Å². The van der Waals surface area contributed by atoms with Gasteiger partial charge < -0.3 is 14.5 Å². The van der Waals surface area contributed by atoms with E-state index in [1.807, 2.05) is 66.7 Å². The van der Waals surface area contributed by atoms with E-state index in [4.69, 9.17) is 14.3 Å². The largest absolute Gasteiger partial charge is 0.501 e. The van der Waals surface area contributed by atoms with Crippen molar-refractivity contribution in [3.8, 4) is 0 Å². The number of rotatable bonds is 15. The van der Waals surface area contributed by atoms with Crippen molar-refractivity contribution >= 4 is 56.0 Å². The van der Waals surface area contributed by atoms with Crippen molar-refractivity contribution in [3.63, 3.8) is 0 Å². The summed E-state index contributed by atoms with van der Waals surface area (Å²) in [6.07, 6.45) is 0.171. The molecule has 4 aromatic rings. The molecule has 0 bridgehead atoms. The van der Waals surface area contributed by atoms with Gasteiger partial charge >= 0.3 is 5.51 Å². The molecule has 0 radical (unpaired) electrons. The number of nitrogens with one attached hydrogen (secondary N) is 1. The molecule has 0 spiro atoms. The maximum absolute atomic E-state index is 13.8. The van der Waals surface area contributed by atoms with Gasteiger partial charge in [-0.05, 0) is 52.2 Å². The van der Waals surface area contributed by atoms with Gasteiger partial charge in [0.15, 0.2) is 0 Å². The van der Waals surface area contributed by atoms with E-state index in [-0.39, 0.29) is 16.8 Å². The molecule has 5 rings (SSSR count). The zero-order chi connectivity index (χ0) is 39.2. The number of hydrogen-bond donors (Lipinski definition) is 2. The number of sulfonamides is 1. The van der Waals surface area contributed by atoms with E-state index in [1.165, 1.54) is 11.8 Å². The van der Waals surface area contributed by atoms with Gasteiger partial charge in [0.25, 0.3) is 18.2 Å². The summed E-state index contributed by atoms with van der Waals surface area (Å²) in [5.41, 5.74) is -6.04. The zero-order valence-corrected chi connectivity index (χ0v) is 33.8. The van der Waals surface area contributed by atoms with Crippen LogP contribution in [-0.2, 0) is 29.0 Å². The lowest BCUT2D eigenvalue weighted by Gasteiger charge is -2.44. The number of nitrogens with zero attached hydrogens (tertiary/aromatic N) is 1. The SMILES string of the molecule is CC(C)(C)[Si](OC[C@@H]1CN(CC[C@H](CSc2ccccc2)Nc2ccc(S(N)(=O)=O)cc2S(=O)(=O)C(F)(F)F)CCO1)(c1ccccc1)c1ccccc1. The number of primary sulfonamides is 1. The first-order valence-electron chi connectivity index (χ1n) is 17.4. The van der Waals surface area contributed by atoms with Crippen LogP contribution in [0.2, 0.25) is 5.04 Å². The average molecular weight is 822 g/mol. The number of hydrogen-bond acceptors (Lipinski definition) is 9. The summed E-state index contributed by atoms with van der Waals surface area (Å²) in [6.45, 7) is 9.12. The molecule has 0 amide bonds. The van der Waals surface area contributed by atoms with E-state index in [0.29, 0.717) is 51.1 Å². The Kier molecular flexibility index (Phi) is 13.4. The van der Waals surface area contributed by atoms with Gasteiger partial charge in [-0.3, -0.25) is 4.90 Å². The second kappa shape index (κ2) is 17.3. The van der Waals surface area contributed by atoms with Crippen LogP contribution in [0.25, 0.3) is 0 Å². The van der Waals surface area contributed by atoms with Gasteiger partial charge in [0.1, 0.15) is 4.90 Å². The molecule has 3 N–H and O–H groups in total. The van der Waals surface area contributed by atoms with E-state index in [9.17, 15) is 30.0 Å². The number of halogens is 3. The van der Waals surface area contributed by atoms with Crippen LogP contribution < -0.4 is 20.8 Å². The van der Waals surface area contributed by atoms with Crippen LogP contribution in [0.15, 0.2) is 124 Å². The summed E-state index contributed by atoms with van der Waals surface area (Å²) in [4.78, 5) is 1.18. The van der Waals surface area contributed by atoms with Gasteiger partial charge in [-0.2, -0.15) is 13.2 Å². The van der Waals surface area contributed by atoms with Crippen LogP contribution in [0.5, 0.6) is 0 Å². The Morgan fingerprint density at radius 2 is 1.48 bits per heavy atom. The highest BCUT2D eigenvalue weighted by atomic mass is 32.2. The molecule has 16 heteroatoms. The van der Waals surface area contributed by atoms with Crippen molar-refractivity contribution < 1.29 is 39.2 Å². The van der Waals surface area contributed by atoms with Crippen molar-refractivity contribution in [2.24, 2.45) is 5.14 Å². The molecule has 1 heterocycles. The Hall–Kier alpha value is -3.22. The summed E-state index contributed by atoms with van der Waals surface area (Å²) >= 11 is 1.46. The van der Waals surface area contributed by atoms with Crippen LogP contribution in [0, 0.1) is 0 Å². The molecule has 4 aromatic carbocycles. The van der Waals surface area contributed by atoms with Crippen molar-refractivity contribution in [2.75, 3.05) is 43.9 Å². The minimum atomic E-state index is -5.94. The first-order valence-corrected chi connectivity index (χ1v) is 23.4. The second-order valence-corrected chi connectivity index (χ2v) is 23.0. The van der Waals surface area contributed by atoms with Crippen LogP contribution >= 0.6 is 11.8 Å². The molecule has 0 unspecified atom stereocenters. The molecule has 0 saturated carbocycles. The number of benzene rings is 4. The molecule has 9 nitrogen and oxygen atoms in total. The number of thioether (sulfide) groups is 1. The molecule has 2 atom stereocenters. The average Bonchev–Trinajstić information content (AvgIpc) is 3.13. The summed E-state index contributed by atoms with van der Waals surface area (Å²) in [5, 5.41) is 10.3. The van der Waals surface area contributed by atoms with Crippen LogP contribution in [-0.4, -0.2) is 86.3 Å². The summed E-state index contributed by atoms with van der Waals surface area (Å²) in [5.74, 6) is 0.372. The zero-order valence-electron chi connectivity index (χ0n) is 30.3. The predicted octanol–water partition coefficient (Wildman–Crippen LogP) is 5.87. The number of ether oxygens (including phenoxy) is 1. The third-order valence-corrected chi connectivity index (χ3v) is 18.0. The number of sulfone groups is 1. The fourth-order valence-electron chi connectivity index (χ4n) is 6.68. The molecule has 0 aliphatic carbocycles. The van der Waals surface area contributed by atoms with E-state index >= 15 is 0 Å². The highest BCUT2D eigenvalue weighted by Gasteiger charge is 2.51. The fourth-order valence-corrected chi connectivity index (χ4v) is 13.8. The number of nitrogens with two attached hydrogens (primary N) is 1. The highest BCUT2D eigenvalue weighted by molar-refractivity contribution is 7.99. The Balaban J connectivity index is 1.36. The summed E-state index contributed by atoms with van der Waals surface area (Å²) in [7, 11) is -13.3. The molecule has 0 aromatic heterocycles. The number of alkyl halides is 3. The van der Waals surface area contributed by atoms with Gasteiger partial charge in [-0.1, -0.05) is 99.6 Å². The first kappa shape index (κ1) is 41.9. The maximum atomic E-state index is 13.8. The molecule has 1 fully saturated rings. The van der Waals surface area contributed by atoms with E-state index in [2.05, 4.69) is 55.3 Å². The standard InChI is InChI=1S/C38H46F3N3O6S3Si/c1-37(2,3)54(33-15-9-5-10-16-33,34-17-11-6-12-18-34)50-27-30-26-44(23-24-49-30)22-21-29(28-51-31-13-7-4-8-14-31)43-35-20-19-32(53(42,47)48)25-36(35)52(45,46)38(39,40)41/h4-20,25,29-30,43H,21-24,26-28H2,1-3H3,(H2,42,47,48)/t29-,30+/m1/s1. The van der Waals surface area contributed by atoms with Crippen molar-refractivity contribution in [1.82, 2.24) is 4.90 Å². The Labute approximate surface area is 321 Å². The van der Waals surface area contributed by atoms with Crippen LogP contribution in [0.4, 0.5) is 18.9 Å². The Morgan fingerprint density at radius 3 is 2.02 bits per heavy atom. The molecule has 1 aliphatic rings. The topological polar surface area (TPSA) is 128 Å². The second-order valence-electron chi connectivity index (χ2n) is 14.2. The molecule has 1 saturated heterocycles. The lowest BCUT2D eigenvalue weighted by molar-refractivity contribution is -0.0498. The van der Waals surface area contributed by atoms with Gasteiger partial charge in [0.05, 0.1) is 29.9 Å². The maximum Gasteiger partial charge on any atom is 0.501 e. The number of anilines is 1. The summed E-state index contributed by atoms with van der Waals surface area (Å²) in [6, 6.07) is 32.0. The lowest BCUT2D eigenvalue weighted by Crippen LogP contribution is -2.67. The Morgan fingerprint density at radius 1 is 0.907 bits per heavy atom.